The van der Waals surface area contributed by atoms with E-state index < -0.39 is 12.9 Å². The monoisotopic (exact) mass is 274 g/mol. The first-order chi connectivity index (χ1) is 9.49. The number of hydrogen-bond donors (Lipinski definition) is 2. The second-order valence-corrected chi connectivity index (χ2v) is 4.70. The molecule has 0 radical (unpaired) electrons. The van der Waals surface area contributed by atoms with Crippen molar-refractivity contribution in [3.05, 3.63) is 58.9 Å². The Kier molecular flexibility index (Phi) is 4.42. The molecule has 0 amide bonds. The molecule has 0 heterocycles. The molecule has 0 aliphatic rings. The standard InChI is InChI=1S/C15H16BFO3/c1-10-4-3-5-15(11(10)2)20-9-12-6-7-13(17)8-14(12)16(18)19/h3-8,18-19H,9H2,1-2H3. The molecule has 0 saturated heterocycles. The van der Waals surface area contributed by atoms with Gasteiger partial charge in [0.2, 0.25) is 0 Å². The third-order valence-corrected chi connectivity index (χ3v) is 3.32. The largest absolute Gasteiger partial charge is 0.489 e. The smallest absolute Gasteiger partial charge is 0.488 e. The SMILES string of the molecule is Cc1cccc(OCc2ccc(F)cc2B(O)O)c1C. The average Bonchev–Trinajstić information content (AvgIpc) is 2.41. The maximum Gasteiger partial charge on any atom is 0.488 e. The van der Waals surface area contributed by atoms with E-state index in [2.05, 4.69) is 0 Å². The first-order valence-electron chi connectivity index (χ1n) is 6.32. The predicted molar refractivity (Wildman–Crippen MR) is 76.5 cm³/mol. The summed E-state index contributed by atoms with van der Waals surface area (Å²) in [6, 6.07) is 9.60. The van der Waals surface area contributed by atoms with Crippen LogP contribution in [0.2, 0.25) is 0 Å². The summed E-state index contributed by atoms with van der Waals surface area (Å²) in [7, 11) is -1.72. The van der Waals surface area contributed by atoms with E-state index in [0.717, 1.165) is 22.9 Å². The summed E-state index contributed by atoms with van der Waals surface area (Å²) in [5.74, 6) is 0.219. The third-order valence-electron chi connectivity index (χ3n) is 3.32. The first-order valence-corrected chi connectivity index (χ1v) is 6.32. The number of aryl methyl sites for hydroxylation is 1. The minimum Gasteiger partial charge on any atom is -0.489 e. The molecule has 0 aliphatic heterocycles. The van der Waals surface area contributed by atoms with Gasteiger partial charge in [-0.2, -0.15) is 0 Å². The lowest BCUT2D eigenvalue weighted by Gasteiger charge is -2.13. The molecule has 20 heavy (non-hydrogen) atoms. The molecule has 0 saturated carbocycles. The van der Waals surface area contributed by atoms with Gasteiger partial charge in [0.1, 0.15) is 18.2 Å². The van der Waals surface area contributed by atoms with E-state index in [0.29, 0.717) is 5.56 Å². The molecule has 0 aromatic heterocycles. The van der Waals surface area contributed by atoms with Gasteiger partial charge < -0.3 is 14.8 Å². The zero-order chi connectivity index (χ0) is 14.7. The lowest BCUT2D eigenvalue weighted by atomic mass is 9.77. The number of rotatable bonds is 4. The lowest BCUT2D eigenvalue weighted by molar-refractivity contribution is 0.304. The van der Waals surface area contributed by atoms with Gasteiger partial charge in [0.15, 0.2) is 0 Å². The maximum atomic E-state index is 13.1. The van der Waals surface area contributed by atoms with Gasteiger partial charge in [0.05, 0.1) is 0 Å². The fourth-order valence-corrected chi connectivity index (χ4v) is 1.97. The molecule has 0 fully saturated rings. The molecular weight excluding hydrogens is 258 g/mol. The Morgan fingerprint density at radius 1 is 1.15 bits per heavy atom. The van der Waals surface area contributed by atoms with Crippen LogP contribution in [0.25, 0.3) is 0 Å². The van der Waals surface area contributed by atoms with Gasteiger partial charge in [0, 0.05) is 0 Å². The van der Waals surface area contributed by atoms with Crippen LogP contribution in [-0.2, 0) is 6.61 Å². The van der Waals surface area contributed by atoms with Crippen LogP contribution in [0.1, 0.15) is 16.7 Å². The minimum atomic E-state index is -1.72. The Balaban J connectivity index is 2.21. The highest BCUT2D eigenvalue weighted by atomic mass is 19.1. The van der Waals surface area contributed by atoms with Crippen molar-refractivity contribution in [3.8, 4) is 5.75 Å². The van der Waals surface area contributed by atoms with Crippen molar-refractivity contribution in [1.82, 2.24) is 0 Å². The van der Waals surface area contributed by atoms with Gasteiger partial charge in [-0.1, -0.05) is 18.2 Å². The Bertz CT molecular complexity index is 614. The molecule has 0 spiro atoms. The highest BCUT2D eigenvalue weighted by molar-refractivity contribution is 6.59. The van der Waals surface area contributed by atoms with E-state index >= 15 is 0 Å². The van der Waals surface area contributed by atoms with Crippen LogP contribution in [0.5, 0.6) is 5.75 Å². The second kappa shape index (κ2) is 6.07. The van der Waals surface area contributed by atoms with Crippen LogP contribution >= 0.6 is 0 Å². The molecule has 3 nitrogen and oxygen atoms in total. The van der Waals surface area contributed by atoms with Gasteiger partial charge in [0.25, 0.3) is 0 Å². The summed E-state index contributed by atoms with van der Waals surface area (Å²) in [5.41, 5.74) is 2.81. The van der Waals surface area contributed by atoms with Crippen molar-refractivity contribution >= 4 is 12.6 Å². The van der Waals surface area contributed by atoms with Crippen molar-refractivity contribution in [2.45, 2.75) is 20.5 Å². The van der Waals surface area contributed by atoms with Gasteiger partial charge in [-0.05, 0) is 54.2 Å². The summed E-state index contributed by atoms with van der Waals surface area (Å²) in [4.78, 5) is 0. The minimum absolute atomic E-state index is 0.121. The van der Waals surface area contributed by atoms with E-state index in [1.165, 1.54) is 12.1 Å². The molecule has 2 N–H and O–H groups in total. The summed E-state index contributed by atoms with van der Waals surface area (Å²) in [6.45, 7) is 4.09. The first kappa shape index (κ1) is 14.6. The van der Waals surface area contributed by atoms with E-state index in [-0.39, 0.29) is 12.1 Å². The normalized spacial score (nSPS) is 10.4. The van der Waals surface area contributed by atoms with Crippen molar-refractivity contribution in [2.75, 3.05) is 0 Å². The molecule has 0 aliphatic carbocycles. The average molecular weight is 274 g/mol. The second-order valence-electron chi connectivity index (χ2n) is 4.70. The number of hydrogen-bond acceptors (Lipinski definition) is 3. The van der Waals surface area contributed by atoms with Crippen molar-refractivity contribution in [1.29, 1.82) is 0 Å². The molecule has 0 bridgehead atoms. The van der Waals surface area contributed by atoms with Gasteiger partial charge in [-0.3, -0.25) is 0 Å². The Labute approximate surface area is 117 Å². The fraction of sp³-hybridized carbons (Fsp3) is 0.200. The Morgan fingerprint density at radius 3 is 2.60 bits per heavy atom. The zero-order valence-corrected chi connectivity index (χ0v) is 11.4. The lowest BCUT2D eigenvalue weighted by Crippen LogP contribution is -2.34. The van der Waals surface area contributed by atoms with Gasteiger partial charge in [-0.15, -0.1) is 0 Å². The highest BCUT2D eigenvalue weighted by Gasteiger charge is 2.17. The van der Waals surface area contributed by atoms with E-state index in [1.807, 2.05) is 32.0 Å². The van der Waals surface area contributed by atoms with Crippen LogP contribution in [0.3, 0.4) is 0 Å². The van der Waals surface area contributed by atoms with Crippen molar-refractivity contribution < 1.29 is 19.2 Å². The van der Waals surface area contributed by atoms with Crippen LogP contribution in [0, 0.1) is 19.7 Å². The van der Waals surface area contributed by atoms with Crippen LogP contribution in [0.4, 0.5) is 4.39 Å². The fourth-order valence-electron chi connectivity index (χ4n) is 1.97. The zero-order valence-electron chi connectivity index (χ0n) is 11.4. The number of ether oxygens (including phenoxy) is 1. The summed E-state index contributed by atoms with van der Waals surface area (Å²) in [5, 5.41) is 18.5. The predicted octanol–water partition coefficient (Wildman–Crippen LogP) is 1.70. The molecule has 0 atom stereocenters. The third kappa shape index (κ3) is 3.18. The molecule has 0 unspecified atom stereocenters. The molecular formula is C15H16BFO3. The number of halogens is 1. The molecule has 5 heteroatoms. The maximum absolute atomic E-state index is 13.1. The summed E-state index contributed by atoms with van der Waals surface area (Å²) in [6.07, 6.45) is 0. The summed E-state index contributed by atoms with van der Waals surface area (Å²) < 4.78 is 18.8. The highest BCUT2D eigenvalue weighted by Crippen LogP contribution is 2.21. The van der Waals surface area contributed by atoms with E-state index in [1.54, 1.807) is 0 Å². The quantitative estimate of drug-likeness (QED) is 0.834. The number of benzene rings is 2. The molecule has 104 valence electrons. The van der Waals surface area contributed by atoms with E-state index in [9.17, 15) is 14.4 Å². The molecule has 2 aromatic rings. The molecule has 2 rings (SSSR count). The Hall–Kier alpha value is -1.85. The van der Waals surface area contributed by atoms with E-state index in [4.69, 9.17) is 4.74 Å². The summed E-state index contributed by atoms with van der Waals surface area (Å²) >= 11 is 0. The topological polar surface area (TPSA) is 49.7 Å². The van der Waals surface area contributed by atoms with Gasteiger partial charge in [-0.25, -0.2) is 4.39 Å². The van der Waals surface area contributed by atoms with Crippen molar-refractivity contribution in [2.24, 2.45) is 0 Å². The Morgan fingerprint density at radius 2 is 1.90 bits per heavy atom. The van der Waals surface area contributed by atoms with Crippen LogP contribution in [-0.4, -0.2) is 17.2 Å². The molecule has 2 aromatic carbocycles. The van der Waals surface area contributed by atoms with Crippen molar-refractivity contribution in [3.63, 3.8) is 0 Å². The van der Waals surface area contributed by atoms with Crippen LogP contribution in [0.15, 0.2) is 36.4 Å². The van der Waals surface area contributed by atoms with Gasteiger partial charge >= 0.3 is 7.12 Å². The van der Waals surface area contributed by atoms with Crippen LogP contribution < -0.4 is 10.2 Å².